The third kappa shape index (κ3) is 5.51. The van der Waals surface area contributed by atoms with Gasteiger partial charge in [-0.25, -0.2) is 4.98 Å². The second-order valence-electron chi connectivity index (χ2n) is 6.58. The zero-order valence-corrected chi connectivity index (χ0v) is 21.2. The lowest BCUT2D eigenvalue weighted by molar-refractivity contribution is -0.140. The SMILES string of the molecule is CC.CC.COC(=O)CC[C@@H]1N=C(c2ccccn2)c2cc(Br)ccc2-n2c(C)cnc21. The minimum atomic E-state index is -0.281. The number of hydrogen-bond donors (Lipinski definition) is 0. The van der Waals surface area contributed by atoms with Gasteiger partial charge in [0.2, 0.25) is 0 Å². The summed E-state index contributed by atoms with van der Waals surface area (Å²) in [5.41, 5.74) is 4.55. The fourth-order valence-electron chi connectivity index (χ4n) is 3.44. The Morgan fingerprint density at radius 2 is 1.88 bits per heavy atom. The van der Waals surface area contributed by atoms with Crippen molar-refractivity contribution in [3.8, 4) is 5.69 Å². The summed E-state index contributed by atoms with van der Waals surface area (Å²) in [7, 11) is 1.40. The molecule has 1 aromatic carbocycles. The minimum Gasteiger partial charge on any atom is -0.469 e. The van der Waals surface area contributed by atoms with Crippen molar-refractivity contribution in [1.82, 2.24) is 14.5 Å². The zero-order valence-electron chi connectivity index (χ0n) is 19.6. The van der Waals surface area contributed by atoms with Gasteiger partial charge in [-0.15, -0.1) is 0 Å². The van der Waals surface area contributed by atoms with E-state index in [2.05, 4.69) is 42.6 Å². The summed E-state index contributed by atoms with van der Waals surface area (Å²) < 4.78 is 7.90. The maximum absolute atomic E-state index is 11.8. The lowest BCUT2D eigenvalue weighted by Crippen LogP contribution is -2.09. The van der Waals surface area contributed by atoms with Crippen LogP contribution in [0.5, 0.6) is 0 Å². The van der Waals surface area contributed by atoms with Gasteiger partial charge in [0.15, 0.2) is 0 Å². The van der Waals surface area contributed by atoms with Crippen molar-refractivity contribution in [2.45, 2.75) is 53.5 Å². The number of rotatable bonds is 4. The second-order valence-corrected chi connectivity index (χ2v) is 7.49. The first-order valence-corrected chi connectivity index (χ1v) is 11.8. The Bertz CT molecular complexity index is 1060. The highest BCUT2D eigenvalue weighted by Gasteiger charge is 2.28. The molecule has 1 aliphatic heterocycles. The number of pyridine rings is 1. The van der Waals surface area contributed by atoms with Gasteiger partial charge in [0.1, 0.15) is 11.9 Å². The quantitative estimate of drug-likeness (QED) is 0.399. The Kier molecular flexibility index (Phi) is 9.78. The lowest BCUT2D eigenvalue weighted by atomic mass is 10.0. The Balaban J connectivity index is 0.000000860. The summed E-state index contributed by atoms with van der Waals surface area (Å²) in [6.07, 6.45) is 4.38. The number of imidazole rings is 1. The molecule has 0 fully saturated rings. The van der Waals surface area contributed by atoms with Gasteiger partial charge in [-0.05, 0) is 43.7 Å². The van der Waals surface area contributed by atoms with E-state index in [1.54, 1.807) is 6.20 Å². The molecule has 3 heterocycles. The van der Waals surface area contributed by atoms with E-state index >= 15 is 0 Å². The molecule has 6 nitrogen and oxygen atoms in total. The van der Waals surface area contributed by atoms with Crippen LogP contribution < -0.4 is 0 Å². The monoisotopic (exact) mass is 498 g/mol. The van der Waals surface area contributed by atoms with Crippen molar-refractivity contribution >= 4 is 27.6 Å². The van der Waals surface area contributed by atoms with Crippen LogP contribution in [-0.4, -0.2) is 33.3 Å². The Hall–Kier alpha value is -2.80. The third-order valence-electron chi connectivity index (χ3n) is 4.76. The molecule has 1 atom stereocenters. The predicted octanol–water partition coefficient (Wildman–Crippen LogP) is 6.24. The van der Waals surface area contributed by atoms with Gasteiger partial charge in [0, 0.05) is 34.5 Å². The first-order chi connectivity index (χ1) is 15.6. The van der Waals surface area contributed by atoms with Gasteiger partial charge in [0.25, 0.3) is 0 Å². The smallest absolute Gasteiger partial charge is 0.305 e. The van der Waals surface area contributed by atoms with Crippen LogP contribution in [0.3, 0.4) is 0 Å². The number of carbonyl (C=O) groups is 1. The number of nitrogens with zero attached hydrogens (tertiary/aromatic N) is 4. The number of esters is 1. The molecule has 32 heavy (non-hydrogen) atoms. The first-order valence-electron chi connectivity index (χ1n) is 11.0. The van der Waals surface area contributed by atoms with Crippen LogP contribution in [0, 0.1) is 6.92 Å². The minimum absolute atomic E-state index is 0.256. The molecule has 7 heteroatoms. The second kappa shape index (κ2) is 12.3. The molecule has 0 bridgehead atoms. The maximum Gasteiger partial charge on any atom is 0.305 e. The van der Waals surface area contributed by atoms with Crippen LogP contribution in [0.25, 0.3) is 5.69 Å². The topological polar surface area (TPSA) is 69.4 Å². The van der Waals surface area contributed by atoms with E-state index in [1.165, 1.54) is 7.11 Å². The number of fused-ring (bicyclic) bond motifs is 3. The molecule has 0 radical (unpaired) electrons. The molecule has 0 amide bonds. The highest BCUT2D eigenvalue weighted by atomic mass is 79.9. The van der Waals surface area contributed by atoms with Crippen LogP contribution in [-0.2, 0) is 9.53 Å². The summed E-state index contributed by atoms with van der Waals surface area (Å²) in [6.45, 7) is 10.0. The molecular weight excluding hydrogens is 468 g/mol. The molecule has 170 valence electrons. The van der Waals surface area contributed by atoms with Crippen molar-refractivity contribution in [2.75, 3.05) is 7.11 Å². The summed E-state index contributed by atoms with van der Waals surface area (Å²) in [4.78, 5) is 25.9. The number of hydrogen-bond acceptors (Lipinski definition) is 5. The molecule has 0 saturated heterocycles. The van der Waals surface area contributed by atoms with Crippen molar-refractivity contribution < 1.29 is 9.53 Å². The van der Waals surface area contributed by atoms with Crippen LogP contribution in [0.15, 0.2) is 58.3 Å². The standard InChI is InChI=1S/C21H19BrN4O2.2C2H6/c1-13-12-24-21-17(7-9-19(27)28-2)25-20(16-5-3-4-10-23-16)15-11-14(22)6-8-18(15)26(13)21;2*1-2/h3-6,8,10-12,17H,7,9H2,1-2H3;2*1-2H3/t17-;;/m0../s1. The number of aliphatic imine (C=N–C) groups is 1. The van der Waals surface area contributed by atoms with Gasteiger partial charge >= 0.3 is 5.97 Å². The molecule has 0 saturated carbocycles. The fraction of sp³-hybridized carbons (Fsp3) is 0.360. The number of halogens is 1. The van der Waals surface area contributed by atoms with Crippen molar-refractivity contribution in [1.29, 1.82) is 0 Å². The molecule has 1 aliphatic rings. The molecule has 2 aromatic heterocycles. The summed E-state index contributed by atoms with van der Waals surface area (Å²) in [5, 5.41) is 0. The average molecular weight is 499 g/mol. The maximum atomic E-state index is 11.8. The average Bonchev–Trinajstić information content (AvgIpc) is 3.16. The normalized spacial score (nSPS) is 13.7. The first kappa shape index (κ1) is 25.5. The van der Waals surface area contributed by atoms with Crippen molar-refractivity contribution in [3.05, 3.63) is 76.0 Å². The lowest BCUT2D eigenvalue weighted by Gasteiger charge is -2.14. The van der Waals surface area contributed by atoms with Crippen molar-refractivity contribution in [2.24, 2.45) is 4.99 Å². The number of aromatic nitrogens is 3. The highest BCUT2D eigenvalue weighted by molar-refractivity contribution is 9.10. The number of benzene rings is 1. The Labute approximate surface area is 198 Å². The molecule has 0 unspecified atom stereocenters. The summed E-state index contributed by atoms with van der Waals surface area (Å²) in [5.74, 6) is 0.560. The summed E-state index contributed by atoms with van der Waals surface area (Å²) >= 11 is 3.58. The Morgan fingerprint density at radius 3 is 2.53 bits per heavy atom. The molecule has 0 spiro atoms. The van der Waals surface area contributed by atoms with E-state index in [4.69, 9.17) is 9.73 Å². The van der Waals surface area contributed by atoms with Gasteiger partial charge in [-0.1, -0.05) is 49.7 Å². The molecule has 0 aliphatic carbocycles. The van der Waals surface area contributed by atoms with Gasteiger partial charge in [-0.2, -0.15) is 0 Å². The third-order valence-corrected chi connectivity index (χ3v) is 5.25. The van der Waals surface area contributed by atoms with Gasteiger partial charge < -0.3 is 4.74 Å². The van der Waals surface area contributed by atoms with Crippen LogP contribution >= 0.6 is 15.9 Å². The van der Waals surface area contributed by atoms with E-state index in [1.807, 2.05) is 65.1 Å². The van der Waals surface area contributed by atoms with Crippen molar-refractivity contribution in [3.63, 3.8) is 0 Å². The Morgan fingerprint density at radius 1 is 1.12 bits per heavy atom. The number of ether oxygens (including phenoxy) is 1. The van der Waals surface area contributed by atoms with E-state index in [0.717, 1.165) is 38.6 Å². The molecule has 4 rings (SSSR count). The van der Waals surface area contributed by atoms with E-state index < -0.39 is 0 Å². The van der Waals surface area contributed by atoms with E-state index in [-0.39, 0.29) is 18.4 Å². The van der Waals surface area contributed by atoms with Crippen LogP contribution in [0.1, 0.15) is 69.4 Å². The predicted molar refractivity (Wildman–Crippen MR) is 133 cm³/mol. The van der Waals surface area contributed by atoms with E-state index in [9.17, 15) is 4.79 Å². The van der Waals surface area contributed by atoms with Gasteiger partial charge in [-0.3, -0.25) is 19.3 Å². The van der Waals surface area contributed by atoms with Gasteiger partial charge in [0.05, 0.1) is 24.2 Å². The largest absolute Gasteiger partial charge is 0.469 e. The van der Waals surface area contributed by atoms with Crippen LogP contribution in [0.2, 0.25) is 0 Å². The van der Waals surface area contributed by atoms with E-state index in [0.29, 0.717) is 6.42 Å². The zero-order chi connectivity index (χ0) is 23.7. The van der Waals surface area contributed by atoms with Crippen LogP contribution in [0.4, 0.5) is 0 Å². The highest BCUT2D eigenvalue weighted by Crippen LogP contribution is 2.34. The molecule has 3 aromatic rings. The molecule has 0 N–H and O–H groups in total. The number of carbonyl (C=O) groups excluding carboxylic acids is 1. The number of aryl methyl sites for hydroxylation is 1. The fourth-order valence-corrected chi connectivity index (χ4v) is 3.80. The molecular formula is C25H31BrN4O2. The number of methoxy groups -OCH3 is 1. The summed E-state index contributed by atoms with van der Waals surface area (Å²) in [6, 6.07) is 11.6.